The first kappa shape index (κ1) is 22.6. The molecular formula is C23H26N4O3S. The number of hydrogen-bond donors (Lipinski definition) is 2. The molecule has 3 aromatic rings. The fraction of sp³-hybridized carbons (Fsp3) is 0.261. The minimum Gasteiger partial charge on any atom is -0.593 e. The van der Waals surface area contributed by atoms with Crippen molar-refractivity contribution in [2.24, 2.45) is 0 Å². The molecule has 31 heavy (non-hydrogen) atoms. The lowest BCUT2D eigenvalue weighted by Gasteiger charge is -2.24. The number of carbonyl (C=O) groups is 1. The molecule has 0 spiro atoms. The van der Waals surface area contributed by atoms with E-state index in [0.29, 0.717) is 34.9 Å². The summed E-state index contributed by atoms with van der Waals surface area (Å²) in [5.74, 6) is 1.30. The molecular weight excluding hydrogens is 412 g/mol. The number of ether oxygens (including phenoxy) is 1. The Kier molecular flexibility index (Phi) is 7.14. The van der Waals surface area contributed by atoms with Crippen LogP contribution in [0.15, 0.2) is 54.6 Å². The summed E-state index contributed by atoms with van der Waals surface area (Å²) in [6, 6.07) is 16.6. The highest BCUT2D eigenvalue weighted by atomic mass is 32.2. The van der Waals surface area contributed by atoms with Crippen molar-refractivity contribution < 1.29 is 14.1 Å². The summed E-state index contributed by atoms with van der Waals surface area (Å²) in [4.78, 5) is 11.7. The van der Waals surface area contributed by atoms with Gasteiger partial charge in [-0.05, 0) is 56.7 Å². The van der Waals surface area contributed by atoms with Gasteiger partial charge in [0.25, 0.3) is 0 Å². The molecule has 1 unspecified atom stereocenters. The first-order chi connectivity index (χ1) is 14.8. The molecule has 0 saturated heterocycles. The van der Waals surface area contributed by atoms with E-state index < -0.39 is 16.1 Å². The summed E-state index contributed by atoms with van der Waals surface area (Å²) < 4.78 is 20.1. The second kappa shape index (κ2) is 9.80. The molecule has 1 aromatic heterocycles. The van der Waals surface area contributed by atoms with Crippen LogP contribution < -0.4 is 14.8 Å². The van der Waals surface area contributed by atoms with E-state index in [2.05, 4.69) is 20.2 Å². The molecule has 0 saturated carbocycles. The highest BCUT2D eigenvalue weighted by Crippen LogP contribution is 2.26. The molecule has 0 amide bonds. The third kappa shape index (κ3) is 5.96. The van der Waals surface area contributed by atoms with Gasteiger partial charge in [-0.3, -0.25) is 4.79 Å². The highest BCUT2D eigenvalue weighted by molar-refractivity contribution is 7.94. The van der Waals surface area contributed by atoms with E-state index in [1.54, 1.807) is 13.2 Å². The number of rotatable bonds is 8. The van der Waals surface area contributed by atoms with Gasteiger partial charge in [-0.15, -0.1) is 10.2 Å². The van der Waals surface area contributed by atoms with Gasteiger partial charge < -0.3 is 14.6 Å². The van der Waals surface area contributed by atoms with Crippen molar-refractivity contribution in [3.63, 3.8) is 0 Å². The molecule has 0 aliphatic rings. The van der Waals surface area contributed by atoms with Gasteiger partial charge in [-0.25, -0.2) is 4.72 Å². The van der Waals surface area contributed by atoms with E-state index in [4.69, 9.17) is 4.74 Å². The number of benzene rings is 2. The fourth-order valence-corrected chi connectivity index (χ4v) is 3.38. The fourth-order valence-electron chi connectivity index (χ4n) is 2.73. The maximum Gasteiger partial charge on any atom is 0.152 e. The van der Waals surface area contributed by atoms with E-state index in [-0.39, 0.29) is 0 Å². The van der Waals surface area contributed by atoms with E-state index in [9.17, 15) is 9.35 Å². The van der Waals surface area contributed by atoms with Crippen LogP contribution in [0.3, 0.4) is 0 Å². The Labute approximate surface area is 185 Å². The van der Waals surface area contributed by atoms with Crippen molar-refractivity contribution >= 4 is 29.2 Å². The summed E-state index contributed by atoms with van der Waals surface area (Å²) in [5.41, 5.74) is 3.33. The topological polar surface area (TPSA) is 99.2 Å². The third-order valence-electron chi connectivity index (χ3n) is 4.49. The summed E-state index contributed by atoms with van der Waals surface area (Å²) in [7, 11) is 1.63. The zero-order chi connectivity index (χ0) is 22.4. The summed E-state index contributed by atoms with van der Waals surface area (Å²) >= 11 is -1.26. The van der Waals surface area contributed by atoms with Crippen molar-refractivity contribution in [2.45, 2.75) is 32.1 Å². The van der Waals surface area contributed by atoms with E-state index >= 15 is 0 Å². The molecule has 2 aromatic carbocycles. The summed E-state index contributed by atoms with van der Waals surface area (Å²) in [5, 5.41) is 11.7. The quantitative estimate of drug-likeness (QED) is 0.396. The molecule has 8 heteroatoms. The largest absolute Gasteiger partial charge is 0.593 e. The lowest BCUT2D eigenvalue weighted by molar-refractivity contribution is 0.112. The average Bonchev–Trinajstić information content (AvgIpc) is 2.77. The first-order valence-corrected chi connectivity index (χ1v) is 10.9. The number of methoxy groups -OCH3 is 1. The lowest BCUT2D eigenvalue weighted by atomic mass is 10.1. The van der Waals surface area contributed by atoms with E-state index in [1.165, 1.54) is 0 Å². The number of nitrogens with zero attached hydrogens (tertiary/aromatic N) is 2. The van der Waals surface area contributed by atoms with Gasteiger partial charge in [-0.2, -0.15) is 0 Å². The van der Waals surface area contributed by atoms with Crippen molar-refractivity contribution in [2.75, 3.05) is 17.1 Å². The lowest BCUT2D eigenvalue weighted by Crippen LogP contribution is -2.33. The molecule has 2 N–H and O–H groups in total. The normalized spacial score (nSPS) is 12.2. The van der Waals surface area contributed by atoms with Crippen molar-refractivity contribution in [1.82, 2.24) is 10.2 Å². The molecule has 0 aliphatic heterocycles. The van der Waals surface area contributed by atoms with Crippen LogP contribution >= 0.6 is 0 Å². The Morgan fingerprint density at radius 2 is 1.84 bits per heavy atom. The Balaban J connectivity index is 1.76. The van der Waals surface area contributed by atoms with Gasteiger partial charge in [-0.1, -0.05) is 24.3 Å². The number of carbonyl (C=O) groups excluding carboxylic acids is 1. The van der Waals surface area contributed by atoms with Gasteiger partial charge in [0, 0.05) is 17.7 Å². The smallest absolute Gasteiger partial charge is 0.152 e. The molecule has 0 radical (unpaired) electrons. The van der Waals surface area contributed by atoms with Crippen LogP contribution in [0.25, 0.3) is 11.3 Å². The second-order valence-corrected chi connectivity index (χ2v) is 9.88. The van der Waals surface area contributed by atoms with Crippen molar-refractivity contribution in [1.29, 1.82) is 0 Å². The van der Waals surface area contributed by atoms with Crippen LogP contribution in [-0.2, 0) is 17.9 Å². The molecule has 0 aliphatic carbocycles. The molecule has 3 rings (SSSR count). The minimum absolute atomic E-state index is 0.402. The monoisotopic (exact) mass is 438 g/mol. The predicted octanol–water partition coefficient (Wildman–Crippen LogP) is 4.45. The van der Waals surface area contributed by atoms with Gasteiger partial charge in [0.05, 0.1) is 24.2 Å². The van der Waals surface area contributed by atoms with Crippen LogP contribution in [0, 0.1) is 0 Å². The Bertz CT molecular complexity index is 1040. The maximum atomic E-state index is 12.4. The third-order valence-corrected chi connectivity index (χ3v) is 6.02. The van der Waals surface area contributed by atoms with Gasteiger partial charge >= 0.3 is 0 Å². The molecule has 7 nitrogen and oxygen atoms in total. The van der Waals surface area contributed by atoms with Crippen molar-refractivity contribution in [3.8, 4) is 17.0 Å². The standard InChI is InChI=1S/C23H26N4O3S/c1-23(2,3)31(29)27-19-7-5-6-17(12-19)22-18(15-28)13-21(25-26-22)24-14-16-8-10-20(30-4)11-9-16/h5-13,15,27H,14H2,1-4H3,(H,24,25). The van der Waals surface area contributed by atoms with Gasteiger partial charge in [0.2, 0.25) is 0 Å². The predicted molar refractivity (Wildman–Crippen MR) is 125 cm³/mol. The first-order valence-electron chi connectivity index (χ1n) is 9.79. The van der Waals surface area contributed by atoms with Crippen LogP contribution in [0.4, 0.5) is 11.5 Å². The second-order valence-electron chi connectivity index (χ2n) is 7.92. The highest BCUT2D eigenvalue weighted by Gasteiger charge is 2.26. The number of aldehydes is 1. The van der Waals surface area contributed by atoms with Gasteiger partial charge in [0.15, 0.2) is 6.29 Å². The Morgan fingerprint density at radius 1 is 1.10 bits per heavy atom. The SMILES string of the molecule is COc1ccc(CNc2cc(C=O)c(-c3cccc(N[S+]([O-])C(C)(C)C)c3)nn2)cc1. The maximum absolute atomic E-state index is 12.4. The zero-order valence-electron chi connectivity index (χ0n) is 18.0. The Hall–Kier alpha value is -3.10. The van der Waals surface area contributed by atoms with Crippen LogP contribution in [-0.4, -0.2) is 32.9 Å². The van der Waals surface area contributed by atoms with Crippen LogP contribution in [0.2, 0.25) is 0 Å². The van der Waals surface area contributed by atoms with E-state index in [0.717, 1.165) is 17.6 Å². The molecule has 1 atom stereocenters. The molecule has 0 fully saturated rings. The minimum atomic E-state index is -1.26. The van der Waals surface area contributed by atoms with Crippen molar-refractivity contribution in [3.05, 3.63) is 65.7 Å². The number of hydrogen-bond acceptors (Lipinski definition) is 7. The Morgan fingerprint density at radius 3 is 2.48 bits per heavy atom. The average molecular weight is 439 g/mol. The summed E-state index contributed by atoms with van der Waals surface area (Å²) in [6.07, 6.45) is 0.760. The van der Waals surface area contributed by atoms with Crippen LogP contribution in [0.5, 0.6) is 5.75 Å². The number of anilines is 2. The summed E-state index contributed by atoms with van der Waals surface area (Å²) in [6.45, 7) is 6.23. The molecule has 1 heterocycles. The molecule has 0 bridgehead atoms. The number of nitrogens with one attached hydrogen (secondary N) is 2. The van der Waals surface area contributed by atoms with Gasteiger partial charge in [0.1, 0.15) is 22.0 Å². The van der Waals surface area contributed by atoms with Crippen LogP contribution in [0.1, 0.15) is 36.7 Å². The molecule has 162 valence electrons. The number of aromatic nitrogens is 2. The zero-order valence-corrected chi connectivity index (χ0v) is 18.8. The van der Waals surface area contributed by atoms with E-state index in [1.807, 2.05) is 69.3 Å².